The molecule has 0 unspecified atom stereocenters. The molecular formula is C17H25IN6O. The zero-order valence-corrected chi connectivity index (χ0v) is 17.1. The van der Waals surface area contributed by atoms with Gasteiger partial charge in [-0.05, 0) is 30.7 Å². The number of hydrogen-bond donors (Lipinski definition) is 3. The third-order valence-corrected chi connectivity index (χ3v) is 3.57. The minimum absolute atomic E-state index is 0. The number of carbonyl (C=O) groups excluding carboxylic acids is 1. The van der Waals surface area contributed by atoms with Crippen molar-refractivity contribution in [2.45, 2.75) is 20.0 Å². The van der Waals surface area contributed by atoms with Gasteiger partial charge in [0, 0.05) is 38.9 Å². The van der Waals surface area contributed by atoms with Gasteiger partial charge < -0.3 is 16.0 Å². The second-order valence-electron chi connectivity index (χ2n) is 5.29. The Hall–Kier alpha value is -2.10. The van der Waals surface area contributed by atoms with Gasteiger partial charge in [-0.15, -0.1) is 24.0 Å². The molecule has 7 nitrogen and oxygen atoms in total. The fraction of sp³-hybridized carbons (Fsp3) is 0.353. The summed E-state index contributed by atoms with van der Waals surface area (Å²) in [5.41, 5.74) is 2.74. The van der Waals surface area contributed by atoms with Crippen molar-refractivity contribution in [3.05, 3.63) is 53.3 Å². The van der Waals surface area contributed by atoms with Gasteiger partial charge in [0.1, 0.15) is 0 Å². The second-order valence-corrected chi connectivity index (χ2v) is 5.29. The highest BCUT2D eigenvalue weighted by Crippen LogP contribution is 2.05. The zero-order valence-electron chi connectivity index (χ0n) is 14.7. The van der Waals surface area contributed by atoms with E-state index in [0.29, 0.717) is 31.2 Å². The molecule has 1 amide bonds. The van der Waals surface area contributed by atoms with E-state index >= 15 is 0 Å². The average Bonchev–Trinajstić information content (AvgIpc) is 3.00. The van der Waals surface area contributed by atoms with Gasteiger partial charge in [0.2, 0.25) is 0 Å². The van der Waals surface area contributed by atoms with E-state index in [9.17, 15) is 4.79 Å². The Bertz CT molecular complexity index is 713. The molecule has 1 aromatic heterocycles. The van der Waals surface area contributed by atoms with Crippen LogP contribution in [0, 0.1) is 0 Å². The summed E-state index contributed by atoms with van der Waals surface area (Å²) in [6.07, 6.45) is 1.76. The molecule has 0 bridgehead atoms. The summed E-state index contributed by atoms with van der Waals surface area (Å²) in [4.78, 5) is 16.1. The maximum atomic E-state index is 11.9. The summed E-state index contributed by atoms with van der Waals surface area (Å²) in [5, 5.41) is 13.4. The van der Waals surface area contributed by atoms with Crippen molar-refractivity contribution in [3.8, 4) is 0 Å². The molecule has 0 radical (unpaired) electrons. The lowest BCUT2D eigenvalue weighted by molar-refractivity contribution is 0.0955. The van der Waals surface area contributed by atoms with Gasteiger partial charge in [-0.3, -0.25) is 14.5 Å². The summed E-state index contributed by atoms with van der Waals surface area (Å²) >= 11 is 0. The van der Waals surface area contributed by atoms with E-state index in [1.807, 2.05) is 49.0 Å². The fourth-order valence-electron chi connectivity index (χ4n) is 2.24. The summed E-state index contributed by atoms with van der Waals surface area (Å²) in [5.74, 6) is 0.637. The van der Waals surface area contributed by atoms with Gasteiger partial charge in [-0.2, -0.15) is 5.10 Å². The van der Waals surface area contributed by atoms with E-state index in [2.05, 4.69) is 26.0 Å². The SMILES string of the molecule is CCNC(=O)c1cccc(CNC(=NC)NCc2ccnn2C)c1.I. The predicted molar refractivity (Wildman–Crippen MR) is 110 cm³/mol. The minimum Gasteiger partial charge on any atom is -0.352 e. The van der Waals surface area contributed by atoms with Gasteiger partial charge in [0.15, 0.2) is 5.96 Å². The third kappa shape index (κ3) is 6.37. The number of hydrogen-bond acceptors (Lipinski definition) is 3. The van der Waals surface area contributed by atoms with Crippen LogP contribution in [0.15, 0.2) is 41.5 Å². The first kappa shape index (κ1) is 20.9. The van der Waals surface area contributed by atoms with E-state index < -0.39 is 0 Å². The Balaban J connectivity index is 0.00000312. The number of aliphatic imine (C=N–C) groups is 1. The number of nitrogens with zero attached hydrogens (tertiary/aromatic N) is 3. The van der Waals surface area contributed by atoms with Crippen molar-refractivity contribution in [2.24, 2.45) is 12.0 Å². The van der Waals surface area contributed by atoms with Crippen LogP contribution in [0.5, 0.6) is 0 Å². The van der Waals surface area contributed by atoms with E-state index in [4.69, 9.17) is 0 Å². The van der Waals surface area contributed by atoms with Gasteiger partial charge in [0.25, 0.3) is 5.91 Å². The van der Waals surface area contributed by atoms with Crippen molar-refractivity contribution in [3.63, 3.8) is 0 Å². The van der Waals surface area contributed by atoms with Gasteiger partial charge in [-0.25, -0.2) is 0 Å². The smallest absolute Gasteiger partial charge is 0.251 e. The normalized spacial score (nSPS) is 10.8. The van der Waals surface area contributed by atoms with Crippen molar-refractivity contribution in [1.29, 1.82) is 0 Å². The van der Waals surface area contributed by atoms with Crippen molar-refractivity contribution < 1.29 is 4.79 Å². The largest absolute Gasteiger partial charge is 0.352 e. The Morgan fingerprint density at radius 2 is 1.96 bits per heavy atom. The van der Waals surface area contributed by atoms with Crippen molar-refractivity contribution >= 4 is 35.8 Å². The number of benzene rings is 1. The topological polar surface area (TPSA) is 83.3 Å². The lowest BCUT2D eigenvalue weighted by Crippen LogP contribution is -2.36. The van der Waals surface area contributed by atoms with Crippen LogP contribution in [0.1, 0.15) is 28.5 Å². The Morgan fingerprint density at radius 3 is 2.60 bits per heavy atom. The molecule has 0 aliphatic rings. The van der Waals surface area contributed by atoms with Crippen LogP contribution < -0.4 is 16.0 Å². The Kier molecular flexibility index (Phi) is 8.96. The number of aryl methyl sites for hydroxylation is 1. The first-order valence-electron chi connectivity index (χ1n) is 7.92. The highest BCUT2D eigenvalue weighted by Gasteiger charge is 2.06. The van der Waals surface area contributed by atoms with E-state index in [1.54, 1.807) is 13.2 Å². The Morgan fingerprint density at radius 1 is 1.20 bits per heavy atom. The second kappa shape index (κ2) is 10.7. The maximum absolute atomic E-state index is 11.9. The molecule has 0 fully saturated rings. The monoisotopic (exact) mass is 456 g/mol. The molecule has 1 heterocycles. The van der Waals surface area contributed by atoms with Gasteiger partial charge in [0.05, 0.1) is 12.2 Å². The van der Waals surface area contributed by atoms with Crippen LogP contribution in [-0.4, -0.2) is 35.2 Å². The summed E-state index contributed by atoms with van der Waals surface area (Å²) in [7, 11) is 3.63. The first-order valence-corrected chi connectivity index (χ1v) is 7.92. The van der Waals surface area contributed by atoms with Crippen molar-refractivity contribution in [2.75, 3.05) is 13.6 Å². The molecule has 0 atom stereocenters. The number of nitrogens with one attached hydrogen (secondary N) is 3. The van der Waals surface area contributed by atoms with Crippen LogP contribution in [0.25, 0.3) is 0 Å². The van der Waals surface area contributed by atoms with E-state index in [0.717, 1.165) is 11.3 Å². The molecule has 0 aliphatic carbocycles. The molecular weight excluding hydrogens is 431 g/mol. The number of rotatable bonds is 6. The van der Waals surface area contributed by atoms with Gasteiger partial charge in [-0.1, -0.05) is 12.1 Å². The van der Waals surface area contributed by atoms with Crippen molar-refractivity contribution in [1.82, 2.24) is 25.7 Å². The standard InChI is InChI=1S/C17H24N6O.HI/c1-4-19-16(24)14-7-5-6-13(10-14)11-20-17(18-2)21-12-15-8-9-22-23(15)3;/h5-10H,4,11-12H2,1-3H3,(H,19,24)(H2,18,20,21);1H. The summed E-state index contributed by atoms with van der Waals surface area (Å²) in [6.45, 7) is 3.74. The lowest BCUT2D eigenvalue weighted by atomic mass is 10.1. The fourth-order valence-corrected chi connectivity index (χ4v) is 2.24. The zero-order chi connectivity index (χ0) is 17.4. The molecule has 8 heteroatoms. The predicted octanol–water partition coefficient (Wildman–Crippen LogP) is 1.65. The molecule has 3 N–H and O–H groups in total. The summed E-state index contributed by atoms with van der Waals surface area (Å²) < 4.78 is 1.82. The molecule has 136 valence electrons. The highest BCUT2D eigenvalue weighted by atomic mass is 127. The quantitative estimate of drug-likeness (QED) is 0.351. The van der Waals surface area contributed by atoms with Gasteiger partial charge >= 0.3 is 0 Å². The average molecular weight is 456 g/mol. The molecule has 0 saturated heterocycles. The number of amides is 1. The Labute approximate surface area is 165 Å². The van der Waals surface area contributed by atoms with E-state index in [1.165, 1.54) is 0 Å². The first-order chi connectivity index (χ1) is 11.6. The molecule has 0 spiro atoms. The maximum Gasteiger partial charge on any atom is 0.251 e. The minimum atomic E-state index is -0.0573. The molecule has 25 heavy (non-hydrogen) atoms. The number of aromatic nitrogens is 2. The van der Waals surface area contributed by atoms with Crippen LogP contribution in [-0.2, 0) is 20.1 Å². The molecule has 0 saturated carbocycles. The van der Waals surface area contributed by atoms with Crippen LogP contribution >= 0.6 is 24.0 Å². The molecule has 1 aromatic carbocycles. The number of halogens is 1. The van der Waals surface area contributed by atoms with Crippen LogP contribution in [0.2, 0.25) is 0 Å². The third-order valence-electron chi connectivity index (χ3n) is 3.57. The van der Waals surface area contributed by atoms with E-state index in [-0.39, 0.29) is 29.9 Å². The highest BCUT2D eigenvalue weighted by molar-refractivity contribution is 14.0. The molecule has 2 rings (SSSR count). The molecule has 0 aliphatic heterocycles. The lowest BCUT2D eigenvalue weighted by Gasteiger charge is -2.12. The summed E-state index contributed by atoms with van der Waals surface area (Å²) in [6, 6.07) is 9.50. The van der Waals surface area contributed by atoms with Crippen LogP contribution in [0.4, 0.5) is 0 Å². The number of guanidine groups is 1. The number of carbonyl (C=O) groups is 1. The molecule has 2 aromatic rings. The van der Waals surface area contributed by atoms with Crippen LogP contribution in [0.3, 0.4) is 0 Å².